The van der Waals surface area contributed by atoms with E-state index in [1.807, 2.05) is 24.3 Å². The second-order valence-corrected chi connectivity index (χ2v) is 6.45. The van der Waals surface area contributed by atoms with Crippen LogP contribution in [0.15, 0.2) is 60.7 Å². The first-order valence-electron chi connectivity index (χ1n) is 7.83. The fourth-order valence-corrected chi connectivity index (χ4v) is 3.95. The van der Waals surface area contributed by atoms with Gasteiger partial charge in [-0.15, -0.1) is 0 Å². The molecule has 1 aromatic heterocycles. The Morgan fingerprint density at radius 2 is 1.65 bits per heavy atom. The monoisotopic (exact) mass is 318 g/mol. The van der Waals surface area contributed by atoms with Crippen LogP contribution in [0.1, 0.15) is 6.04 Å². The number of allylic oxidation sites excluding steroid dienone is 1. The molecule has 2 nitrogen and oxygen atoms in total. The van der Waals surface area contributed by atoms with Crippen LogP contribution in [-0.4, -0.2) is 10.6 Å². The smallest absolute Gasteiger partial charge is 0.0764 e. The molecule has 2 aromatic carbocycles. The summed E-state index contributed by atoms with van der Waals surface area (Å²) in [7, 11) is 0. The summed E-state index contributed by atoms with van der Waals surface area (Å²) in [6.45, 7) is 0. The van der Waals surface area contributed by atoms with Gasteiger partial charge in [0.25, 0.3) is 0 Å². The fourth-order valence-electron chi connectivity index (χ4n) is 3.76. The molecule has 3 aromatic rings. The third-order valence-electron chi connectivity index (χ3n) is 4.76. The van der Waals surface area contributed by atoms with E-state index < -0.39 is 0 Å². The topological polar surface area (TPSA) is 17.0 Å². The first-order valence-corrected chi connectivity index (χ1v) is 8.21. The molecule has 2 aliphatic rings. The molecule has 2 atom stereocenters. The van der Waals surface area contributed by atoms with Crippen LogP contribution < -0.4 is 16.0 Å². The van der Waals surface area contributed by atoms with Crippen molar-refractivity contribution in [2.75, 3.05) is 5.32 Å². The maximum atomic E-state index is 6.31. The van der Waals surface area contributed by atoms with Crippen LogP contribution in [0.5, 0.6) is 0 Å². The van der Waals surface area contributed by atoms with Crippen molar-refractivity contribution in [1.82, 2.24) is 4.57 Å². The van der Waals surface area contributed by atoms with Crippen LogP contribution in [0, 0.1) is 0 Å². The zero-order valence-electron chi connectivity index (χ0n) is 12.4. The highest BCUT2D eigenvalue weighted by Crippen LogP contribution is 2.28. The molecule has 3 heteroatoms. The summed E-state index contributed by atoms with van der Waals surface area (Å²) in [5.41, 5.74) is 0.981. The summed E-state index contributed by atoms with van der Waals surface area (Å²) in [6.07, 6.45) is 8.95. The largest absolute Gasteiger partial charge is 0.375 e. The molecule has 0 aliphatic carbocycles. The predicted octanol–water partition coefficient (Wildman–Crippen LogP) is 3.46. The van der Waals surface area contributed by atoms with Gasteiger partial charge >= 0.3 is 0 Å². The Kier molecular flexibility index (Phi) is 2.70. The van der Waals surface area contributed by atoms with Gasteiger partial charge < -0.3 is 9.88 Å². The SMILES string of the molecule is Clc1ccccc1NC1C=c2c3ccccc3c3n2C1C=CC=3. The second kappa shape index (κ2) is 4.77. The number of aromatic nitrogens is 1. The molecule has 0 radical (unpaired) electrons. The van der Waals surface area contributed by atoms with Crippen molar-refractivity contribution in [3.8, 4) is 0 Å². The van der Waals surface area contributed by atoms with Gasteiger partial charge in [0, 0.05) is 21.5 Å². The molecule has 0 spiro atoms. The molecule has 0 saturated carbocycles. The lowest BCUT2D eigenvalue weighted by atomic mass is 10.1. The van der Waals surface area contributed by atoms with Gasteiger partial charge in [0.2, 0.25) is 0 Å². The third kappa shape index (κ3) is 1.82. The number of hydrogen-bond acceptors (Lipinski definition) is 1. The summed E-state index contributed by atoms with van der Waals surface area (Å²) < 4.78 is 2.43. The van der Waals surface area contributed by atoms with E-state index in [-0.39, 0.29) is 12.1 Å². The minimum Gasteiger partial charge on any atom is -0.375 e. The van der Waals surface area contributed by atoms with E-state index >= 15 is 0 Å². The Balaban J connectivity index is 1.69. The molecule has 0 saturated heterocycles. The highest BCUT2D eigenvalue weighted by atomic mass is 35.5. The number of anilines is 1. The molecule has 1 N–H and O–H groups in total. The number of nitrogens with one attached hydrogen (secondary N) is 1. The van der Waals surface area contributed by atoms with Crippen molar-refractivity contribution in [3.63, 3.8) is 0 Å². The highest BCUT2D eigenvalue weighted by Gasteiger charge is 2.29. The first-order chi connectivity index (χ1) is 11.3. The number of benzene rings is 2. The van der Waals surface area contributed by atoms with E-state index in [0.717, 1.165) is 10.7 Å². The Morgan fingerprint density at radius 3 is 2.48 bits per heavy atom. The van der Waals surface area contributed by atoms with Gasteiger partial charge in [-0.3, -0.25) is 0 Å². The molecule has 0 fully saturated rings. The molecule has 0 amide bonds. The average molecular weight is 319 g/mol. The van der Waals surface area contributed by atoms with Crippen molar-refractivity contribution in [2.24, 2.45) is 0 Å². The van der Waals surface area contributed by atoms with E-state index in [2.05, 4.69) is 58.5 Å². The Morgan fingerprint density at radius 1 is 0.913 bits per heavy atom. The number of hydrogen-bond donors (Lipinski definition) is 1. The van der Waals surface area contributed by atoms with Crippen molar-refractivity contribution >= 4 is 40.2 Å². The van der Waals surface area contributed by atoms with Crippen molar-refractivity contribution in [3.05, 3.63) is 76.4 Å². The maximum absolute atomic E-state index is 6.31. The van der Waals surface area contributed by atoms with Crippen LogP contribution in [0.4, 0.5) is 5.69 Å². The van der Waals surface area contributed by atoms with Gasteiger partial charge in [0.15, 0.2) is 0 Å². The molecule has 23 heavy (non-hydrogen) atoms. The highest BCUT2D eigenvalue weighted by molar-refractivity contribution is 6.33. The summed E-state index contributed by atoms with van der Waals surface area (Å²) in [5.74, 6) is 0. The average Bonchev–Trinajstić information content (AvgIpc) is 3.11. The zero-order valence-corrected chi connectivity index (χ0v) is 13.2. The molecular weight excluding hydrogens is 304 g/mol. The number of rotatable bonds is 2. The molecule has 5 rings (SSSR count). The van der Waals surface area contributed by atoms with Crippen LogP contribution in [0.3, 0.4) is 0 Å². The normalized spacial score (nSPS) is 20.9. The number of nitrogens with zero attached hydrogens (tertiary/aromatic N) is 1. The van der Waals surface area contributed by atoms with Gasteiger partial charge in [-0.2, -0.15) is 0 Å². The quantitative estimate of drug-likeness (QED) is 0.765. The van der Waals surface area contributed by atoms with Crippen molar-refractivity contribution in [2.45, 2.75) is 12.1 Å². The van der Waals surface area contributed by atoms with Crippen molar-refractivity contribution in [1.29, 1.82) is 0 Å². The minimum atomic E-state index is 0.207. The van der Waals surface area contributed by atoms with E-state index in [1.165, 1.54) is 21.5 Å². The van der Waals surface area contributed by atoms with Crippen LogP contribution in [0.25, 0.3) is 22.9 Å². The first kappa shape index (κ1) is 13.0. The van der Waals surface area contributed by atoms with Crippen LogP contribution in [-0.2, 0) is 0 Å². The Bertz CT molecular complexity index is 1070. The second-order valence-electron chi connectivity index (χ2n) is 6.04. The van der Waals surface area contributed by atoms with Crippen LogP contribution >= 0.6 is 11.6 Å². The Labute approximate surface area is 139 Å². The summed E-state index contributed by atoms with van der Waals surface area (Å²) in [6, 6.07) is 17.0. The lowest BCUT2D eigenvalue weighted by Crippen LogP contribution is -2.33. The van der Waals surface area contributed by atoms with Gasteiger partial charge in [0.05, 0.1) is 22.8 Å². The maximum Gasteiger partial charge on any atom is 0.0764 e. The lowest BCUT2D eigenvalue weighted by molar-refractivity contribution is 0.590. The van der Waals surface area contributed by atoms with Gasteiger partial charge in [-0.1, -0.05) is 60.2 Å². The summed E-state index contributed by atoms with van der Waals surface area (Å²) in [5, 5.41) is 9.58. The van der Waals surface area contributed by atoms with Gasteiger partial charge in [-0.05, 0) is 24.3 Å². The number of fused-ring (bicyclic) bond motifs is 3. The molecule has 0 bridgehead atoms. The third-order valence-corrected chi connectivity index (χ3v) is 5.09. The number of para-hydroxylation sites is 1. The zero-order chi connectivity index (χ0) is 15.4. The van der Waals surface area contributed by atoms with Crippen LogP contribution in [0.2, 0.25) is 5.02 Å². The van der Waals surface area contributed by atoms with Crippen molar-refractivity contribution < 1.29 is 0 Å². The Hall–Kier alpha value is -2.45. The molecule has 2 unspecified atom stereocenters. The number of halogens is 1. The minimum absolute atomic E-state index is 0.207. The van der Waals surface area contributed by atoms with E-state index in [9.17, 15) is 0 Å². The van der Waals surface area contributed by atoms with E-state index in [0.29, 0.717) is 0 Å². The summed E-state index contributed by atoms with van der Waals surface area (Å²) >= 11 is 6.31. The van der Waals surface area contributed by atoms with E-state index in [1.54, 1.807) is 0 Å². The predicted molar refractivity (Wildman–Crippen MR) is 97.2 cm³/mol. The molecule has 2 aliphatic heterocycles. The molecule has 3 heterocycles. The molecule has 112 valence electrons. The standard InChI is InChI=1S/C20H15ClN2/c21-15-8-3-4-9-16(15)22-17-12-20-14-7-2-1-6-13(14)18-10-5-11-19(17)23(18)20/h1-12,17,19,22H. The van der Waals surface area contributed by atoms with Gasteiger partial charge in [0.1, 0.15) is 0 Å². The van der Waals surface area contributed by atoms with Gasteiger partial charge in [-0.25, -0.2) is 0 Å². The van der Waals surface area contributed by atoms with E-state index in [4.69, 9.17) is 11.6 Å². The summed E-state index contributed by atoms with van der Waals surface area (Å²) in [4.78, 5) is 0. The fraction of sp³-hybridized carbons (Fsp3) is 0.100. The molecular formula is C20H15ClN2. The lowest BCUT2D eigenvalue weighted by Gasteiger charge is -2.23.